The summed E-state index contributed by atoms with van der Waals surface area (Å²) in [6.07, 6.45) is 27.2. The summed E-state index contributed by atoms with van der Waals surface area (Å²) in [5.41, 5.74) is 8.87. The summed E-state index contributed by atoms with van der Waals surface area (Å²) >= 11 is 0. The number of fused-ring (bicyclic) bond motifs is 6. The third-order valence-corrected chi connectivity index (χ3v) is 13.2. The van der Waals surface area contributed by atoms with Gasteiger partial charge in [0.1, 0.15) is 17.6 Å². The monoisotopic (exact) mass is 1240 g/mol. The summed E-state index contributed by atoms with van der Waals surface area (Å²) in [4.78, 5) is 25.1. The highest BCUT2D eigenvalue weighted by molar-refractivity contribution is 5.81. The molecule has 0 bridgehead atoms. The van der Waals surface area contributed by atoms with Crippen LogP contribution >= 0.6 is 0 Å². The minimum absolute atomic E-state index is 0. The first kappa shape index (κ1) is 83.1. The summed E-state index contributed by atoms with van der Waals surface area (Å²) in [7, 11) is 0. The molecular weight excluding hydrogens is 1120 g/mol. The Morgan fingerprint density at radius 3 is 1.12 bits per heavy atom. The maximum Gasteiger partial charge on any atom is 0.143 e. The fraction of sp³-hybridized carbons (Fsp3) is 0.468. The van der Waals surface area contributed by atoms with Crippen LogP contribution in [0, 0.1) is 0 Å². The number of nitrogens with zero attached hydrogens (tertiary/aromatic N) is 12. The average molecular weight is 1240 g/mol. The molecule has 0 saturated heterocycles. The number of rotatable bonds is 0. The summed E-state index contributed by atoms with van der Waals surface area (Å²) in [6, 6.07) is 33.3. The number of hydrogen-bond donors (Lipinski definition) is 0. The highest BCUT2D eigenvalue weighted by Crippen LogP contribution is 2.27. The highest BCUT2D eigenvalue weighted by atomic mass is 15.1. The molecule has 0 aliphatic carbocycles. The lowest BCUT2D eigenvalue weighted by atomic mass is 10.1. The lowest BCUT2D eigenvalue weighted by Crippen LogP contribution is -2.20. The smallest absolute Gasteiger partial charge is 0.143 e. The van der Waals surface area contributed by atoms with Gasteiger partial charge in [0.2, 0.25) is 0 Å². The molecule has 500 valence electrons. The number of hydrogen-bond acceptors (Lipinski definition) is 6. The third kappa shape index (κ3) is 24.0. The van der Waals surface area contributed by atoms with Gasteiger partial charge in [0, 0.05) is 135 Å². The van der Waals surface area contributed by atoms with Crippen molar-refractivity contribution in [2.24, 2.45) is 0 Å². The van der Waals surface area contributed by atoms with Gasteiger partial charge in [-0.3, -0.25) is 15.0 Å². The van der Waals surface area contributed by atoms with Crippen LogP contribution in [-0.4, -0.2) is 57.3 Å². The number of aromatic nitrogens is 12. The molecule has 0 spiro atoms. The second-order valence-electron chi connectivity index (χ2n) is 25.7. The first-order chi connectivity index (χ1) is 42.5. The van der Waals surface area contributed by atoms with Crippen LogP contribution in [0.5, 0.6) is 0 Å². The Balaban J connectivity index is 0.00000103. The maximum absolute atomic E-state index is 4.37. The van der Waals surface area contributed by atoms with E-state index in [-0.39, 0.29) is 40.7 Å². The zero-order chi connectivity index (χ0) is 68.8. The molecular formula is C79H124N12. The van der Waals surface area contributed by atoms with Crippen molar-refractivity contribution in [3.8, 4) is 0 Å². The van der Waals surface area contributed by atoms with Crippen molar-refractivity contribution in [1.29, 1.82) is 0 Å². The zero-order valence-corrected chi connectivity index (χ0v) is 61.7. The number of para-hydroxylation sites is 1. The summed E-state index contributed by atoms with van der Waals surface area (Å²) in [5, 5.41) is 6.08. The fourth-order valence-corrected chi connectivity index (χ4v) is 9.27. The van der Waals surface area contributed by atoms with Crippen molar-refractivity contribution < 1.29 is 0 Å². The van der Waals surface area contributed by atoms with E-state index in [1.54, 1.807) is 6.33 Å². The molecule has 11 aromatic heterocycles. The zero-order valence-electron chi connectivity index (χ0n) is 61.7. The van der Waals surface area contributed by atoms with Gasteiger partial charge in [-0.1, -0.05) is 109 Å². The molecule has 0 aliphatic heterocycles. The first-order valence-corrected chi connectivity index (χ1v) is 33.1. The second-order valence-corrected chi connectivity index (χ2v) is 25.7. The first-order valence-electron chi connectivity index (χ1n) is 33.1. The normalized spacial score (nSPS) is 10.9. The number of pyridine rings is 4. The van der Waals surface area contributed by atoms with Crippen molar-refractivity contribution in [3.05, 3.63) is 184 Å². The van der Waals surface area contributed by atoms with Gasteiger partial charge >= 0.3 is 0 Å². The largest absolute Gasteiger partial charge is 0.342 e. The van der Waals surface area contributed by atoms with Crippen molar-refractivity contribution >= 4 is 65.8 Å². The van der Waals surface area contributed by atoms with Gasteiger partial charge in [0.25, 0.3) is 0 Å². The molecule has 0 aliphatic rings. The molecule has 0 radical (unpaired) electrons. The van der Waals surface area contributed by atoms with Gasteiger partial charge in [0.05, 0.1) is 28.3 Å². The van der Waals surface area contributed by atoms with Crippen LogP contribution in [0.15, 0.2) is 184 Å². The van der Waals surface area contributed by atoms with Gasteiger partial charge in [-0.2, -0.15) is 0 Å². The molecule has 12 aromatic rings. The van der Waals surface area contributed by atoms with Gasteiger partial charge < -0.3 is 27.4 Å². The number of benzene rings is 1. The Kier molecular flexibility index (Phi) is 35.4. The van der Waals surface area contributed by atoms with E-state index in [1.165, 1.54) is 43.6 Å². The molecule has 12 nitrogen and oxygen atoms in total. The summed E-state index contributed by atoms with van der Waals surface area (Å²) in [5.74, 6) is 0. The van der Waals surface area contributed by atoms with E-state index in [0.717, 1.165) is 22.2 Å². The lowest BCUT2D eigenvalue weighted by Gasteiger charge is -2.22. The van der Waals surface area contributed by atoms with E-state index in [0.29, 0.717) is 0 Å². The average Bonchev–Trinajstić information content (AvgIpc) is 1.84. The van der Waals surface area contributed by atoms with Crippen LogP contribution in [0.2, 0.25) is 0 Å². The van der Waals surface area contributed by atoms with Crippen LogP contribution in [0.25, 0.3) is 65.8 Å². The summed E-state index contributed by atoms with van der Waals surface area (Å²) < 4.78 is 13.4. The van der Waals surface area contributed by atoms with Gasteiger partial charge in [-0.25, -0.2) is 15.0 Å². The van der Waals surface area contributed by atoms with Crippen molar-refractivity contribution in [3.63, 3.8) is 0 Å². The quantitative estimate of drug-likeness (QED) is 0.150. The molecule has 11 heterocycles. The molecule has 0 amide bonds. The second kappa shape index (κ2) is 38.7. The van der Waals surface area contributed by atoms with E-state index < -0.39 is 0 Å². The molecule has 12 rings (SSSR count). The predicted octanol–water partition coefficient (Wildman–Crippen LogP) is 23.5. The van der Waals surface area contributed by atoms with Crippen molar-refractivity contribution in [2.45, 2.75) is 248 Å². The van der Waals surface area contributed by atoms with E-state index in [4.69, 9.17) is 0 Å². The minimum atomic E-state index is 0. The van der Waals surface area contributed by atoms with Gasteiger partial charge in [-0.05, 0) is 209 Å². The molecule has 0 atom stereocenters. The van der Waals surface area contributed by atoms with Crippen molar-refractivity contribution in [1.82, 2.24) is 57.3 Å². The topological polar surface area (TPSA) is 107 Å². The Hall–Kier alpha value is -7.86. The van der Waals surface area contributed by atoms with Gasteiger partial charge in [-0.15, -0.1) is 0 Å². The van der Waals surface area contributed by atoms with E-state index in [2.05, 4.69) is 292 Å². The lowest BCUT2D eigenvalue weighted by molar-refractivity contribution is 0.408. The molecule has 91 heavy (non-hydrogen) atoms. The molecule has 1 aromatic carbocycles. The Morgan fingerprint density at radius 2 is 0.593 bits per heavy atom. The Morgan fingerprint density at radius 1 is 0.253 bits per heavy atom. The predicted molar refractivity (Wildman–Crippen MR) is 403 cm³/mol. The Bertz CT molecular complexity index is 3180. The minimum Gasteiger partial charge on any atom is -0.342 e. The molecule has 12 heteroatoms. The molecule has 0 N–H and O–H groups in total. The molecule has 0 saturated carbocycles. The van der Waals surface area contributed by atoms with Crippen molar-refractivity contribution in [2.75, 3.05) is 0 Å². The molecule has 0 fully saturated rings. The standard InChI is InChI=1S/C12H15N.4C11H14N2.C10H13N3.6C2H6.CH4/c1-12(2,3)13-9-8-10-6-4-5-7-11(10)13;1-11(2,3)13-7-5-9-8-12-6-4-10(9)13;1-11(2,3)13-7-5-9-4-6-12-8-10(9)13;1-11(2,3)13-8-6-9-10(13)5-4-7-12-9;1-11(2,3)13-8-6-9-5-4-7-12-10(9)13;1-10(2,3)13-5-4-8-6-11-7-12-9(8)13;6*1-2;/h4-9H,1-3H3;4*4-8H,1-3H3;4-7H,1-3H3;6*1-2H3;1H4. The summed E-state index contributed by atoms with van der Waals surface area (Å²) in [6.45, 7) is 63.5. The fourth-order valence-electron chi connectivity index (χ4n) is 9.27. The SMILES string of the molecule is C.CC.CC.CC.CC.CC.CC.CC(C)(C)n1ccc2ccccc21.CC(C)(C)n1ccc2cccnc21.CC(C)(C)n1ccc2ccncc21.CC(C)(C)n1ccc2cnccc21.CC(C)(C)n1ccc2cncnc21.CC(C)(C)n1ccc2ncccc21. The van der Waals surface area contributed by atoms with Crippen LogP contribution in [0.3, 0.4) is 0 Å². The van der Waals surface area contributed by atoms with Crippen LogP contribution < -0.4 is 0 Å². The van der Waals surface area contributed by atoms with E-state index >= 15 is 0 Å². The Labute approximate surface area is 552 Å². The molecule has 0 unspecified atom stereocenters. The van der Waals surface area contributed by atoms with Gasteiger partial charge in [0.15, 0.2) is 0 Å². The third-order valence-electron chi connectivity index (χ3n) is 13.2. The van der Waals surface area contributed by atoms with E-state index in [9.17, 15) is 0 Å². The van der Waals surface area contributed by atoms with Crippen LogP contribution in [-0.2, 0) is 33.2 Å². The maximum atomic E-state index is 4.37. The van der Waals surface area contributed by atoms with Crippen LogP contribution in [0.4, 0.5) is 0 Å². The van der Waals surface area contributed by atoms with Crippen LogP contribution in [0.1, 0.15) is 215 Å². The van der Waals surface area contributed by atoms with E-state index in [1.807, 2.05) is 151 Å². The highest BCUT2D eigenvalue weighted by Gasteiger charge is 2.19.